The molecule has 0 radical (unpaired) electrons. The van der Waals surface area contributed by atoms with Crippen molar-refractivity contribution in [3.63, 3.8) is 0 Å². The number of likely N-dealkylation sites (tertiary alicyclic amines) is 1. The smallest absolute Gasteiger partial charge is 0.406 e. The van der Waals surface area contributed by atoms with Crippen LogP contribution in [-0.4, -0.2) is 80.2 Å². The zero-order chi connectivity index (χ0) is 19.7. The number of halogens is 3. The molecule has 1 N–H and O–H groups in total. The molecule has 1 amide bonds. The number of piperidine rings is 1. The fourth-order valence-electron chi connectivity index (χ4n) is 2.67. The largest absolute Gasteiger partial charge is 0.466 e. The highest BCUT2D eigenvalue weighted by atomic mass is 19.4. The van der Waals surface area contributed by atoms with Gasteiger partial charge in [0.2, 0.25) is 5.91 Å². The van der Waals surface area contributed by atoms with Crippen molar-refractivity contribution in [2.24, 2.45) is 10.9 Å². The van der Waals surface area contributed by atoms with E-state index in [1.165, 1.54) is 0 Å². The number of hydrogen-bond donors (Lipinski definition) is 1. The van der Waals surface area contributed by atoms with E-state index in [-0.39, 0.29) is 11.9 Å². The number of aliphatic imine (C=N–C) groups is 1. The average Bonchev–Trinajstić information content (AvgIpc) is 2.57. The molecule has 1 rings (SSSR count). The number of guanidine groups is 1. The number of esters is 1. The molecule has 0 spiro atoms. The number of likely N-dealkylation sites (N-methyl/N-ethyl adjacent to an activating group) is 1. The summed E-state index contributed by atoms with van der Waals surface area (Å²) >= 11 is 0. The minimum absolute atomic E-state index is 0.269. The van der Waals surface area contributed by atoms with Crippen LogP contribution >= 0.6 is 0 Å². The van der Waals surface area contributed by atoms with E-state index in [0.717, 1.165) is 13.5 Å². The maximum Gasteiger partial charge on any atom is 0.406 e. The van der Waals surface area contributed by atoms with Gasteiger partial charge in [-0.3, -0.25) is 9.59 Å². The van der Waals surface area contributed by atoms with Crippen molar-refractivity contribution in [3.05, 3.63) is 0 Å². The SMILES string of the molecule is CCNC(=NCC(=O)N(C)CC(F)(F)F)N1CCCC(C(=O)OCC)C1. The maximum absolute atomic E-state index is 12.4. The van der Waals surface area contributed by atoms with E-state index in [2.05, 4.69) is 10.3 Å². The molecule has 1 fully saturated rings. The van der Waals surface area contributed by atoms with E-state index in [1.54, 1.807) is 6.92 Å². The van der Waals surface area contributed by atoms with Crippen LogP contribution in [0.15, 0.2) is 4.99 Å². The van der Waals surface area contributed by atoms with Crippen LogP contribution in [0.25, 0.3) is 0 Å². The number of nitrogens with zero attached hydrogens (tertiary/aromatic N) is 3. The summed E-state index contributed by atoms with van der Waals surface area (Å²) in [6.07, 6.45) is -2.98. The van der Waals surface area contributed by atoms with Crippen LogP contribution in [0.3, 0.4) is 0 Å². The summed E-state index contributed by atoms with van der Waals surface area (Å²) in [5.41, 5.74) is 0. The van der Waals surface area contributed by atoms with Gasteiger partial charge in [-0.1, -0.05) is 0 Å². The van der Waals surface area contributed by atoms with Gasteiger partial charge in [-0.2, -0.15) is 13.2 Å². The van der Waals surface area contributed by atoms with E-state index in [4.69, 9.17) is 4.74 Å². The van der Waals surface area contributed by atoms with Gasteiger partial charge < -0.3 is 19.9 Å². The second kappa shape index (κ2) is 10.2. The third-order valence-electron chi connectivity index (χ3n) is 3.88. The number of carbonyl (C=O) groups excluding carboxylic acids is 2. The van der Waals surface area contributed by atoms with Crippen LogP contribution in [0.1, 0.15) is 26.7 Å². The van der Waals surface area contributed by atoms with Crippen molar-refractivity contribution in [2.75, 3.05) is 46.4 Å². The molecule has 0 saturated carbocycles. The van der Waals surface area contributed by atoms with Gasteiger partial charge in [0, 0.05) is 26.7 Å². The zero-order valence-electron chi connectivity index (χ0n) is 15.4. The van der Waals surface area contributed by atoms with Crippen molar-refractivity contribution in [1.29, 1.82) is 0 Å². The number of hydrogen-bond acceptors (Lipinski definition) is 4. The molecule has 0 aromatic heterocycles. The molecule has 1 saturated heterocycles. The van der Waals surface area contributed by atoms with Gasteiger partial charge in [-0.05, 0) is 26.7 Å². The predicted molar refractivity (Wildman–Crippen MR) is 90.6 cm³/mol. The van der Waals surface area contributed by atoms with E-state index < -0.39 is 25.2 Å². The molecule has 1 heterocycles. The first-order valence-corrected chi connectivity index (χ1v) is 8.68. The van der Waals surface area contributed by atoms with Crippen molar-refractivity contribution >= 4 is 17.8 Å². The minimum Gasteiger partial charge on any atom is -0.466 e. The Morgan fingerprint density at radius 1 is 1.35 bits per heavy atom. The van der Waals surface area contributed by atoms with Gasteiger partial charge in [-0.25, -0.2) is 4.99 Å². The molecule has 1 aliphatic heterocycles. The molecule has 1 aliphatic rings. The number of amides is 1. The Morgan fingerprint density at radius 3 is 2.62 bits per heavy atom. The third-order valence-corrected chi connectivity index (χ3v) is 3.88. The molecule has 0 aromatic rings. The summed E-state index contributed by atoms with van der Waals surface area (Å²) in [7, 11) is 1.09. The fraction of sp³-hybridized carbons (Fsp3) is 0.812. The van der Waals surface area contributed by atoms with Crippen LogP contribution in [0.2, 0.25) is 0 Å². The standard InChI is InChI=1S/C16H27F3N4O3/c1-4-20-15(21-9-13(24)22(3)11-16(17,18)19)23-8-6-7-12(10-23)14(25)26-5-2/h12H,4-11H2,1-3H3,(H,20,21). The normalized spacial score (nSPS) is 18.5. The molecule has 0 aliphatic carbocycles. The van der Waals surface area contributed by atoms with Crippen molar-refractivity contribution in [3.8, 4) is 0 Å². The van der Waals surface area contributed by atoms with E-state index in [1.807, 2.05) is 11.8 Å². The lowest BCUT2D eigenvalue weighted by atomic mass is 9.98. The number of carbonyl (C=O) groups is 2. The quantitative estimate of drug-likeness (QED) is 0.427. The number of alkyl halides is 3. The Labute approximate surface area is 151 Å². The van der Waals surface area contributed by atoms with E-state index >= 15 is 0 Å². The first-order chi connectivity index (χ1) is 12.2. The fourth-order valence-corrected chi connectivity index (χ4v) is 2.67. The molecular formula is C16H27F3N4O3. The lowest BCUT2D eigenvalue weighted by molar-refractivity contribution is -0.157. The van der Waals surface area contributed by atoms with Crippen LogP contribution < -0.4 is 5.32 Å². The lowest BCUT2D eigenvalue weighted by Crippen LogP contribution is -2.48. The van der Waals surface area contributed by atoms with Gasteiger partial charge in [-0.15, -0.1) is 0 Å². The highest BCUT2D eigenvalue weighted by Crippen LogP contribution is 2.18. The molecule has 7 nitrogen and oxygen atoms in total. The molecule has 26 heavy (non-hydrogen) atoms. The Bertz CT molecular complexity index is 511. The Morgan fingerprint density at radius 2 is 2.04 bits per heavy atom. The monoisotopic (exact) mass is 380 g/mol. The lowest BCUT2D eigenvalue weighted by Gasteiger charge is -2.34. The number of ether oxygens (including phenoxy) is 1. The van der Waals surface area contributed by atoms with Crippen LogP contribution in [0.4, 0.5) is 13.2 Å². The molecule has 1 unspecified atom stereocenters. The summed E-state index contributed by atoms with van der Waals surface area (Å²) in [6, 6.07) is 0. The molecule has 0 bridgehead atoms. The van der Waals surface area contributed by atoms with Gasteiger partial charge in [0.05, 0.1) is 12.5 Å². The van der Waals surface area contributed by atoms with Gasteiger partial charge in [0.1, 0.15) is 13.1 Å². The van der Waals surface area contributed by atoms with Gasteiger partial charge in [0.15, 0.2) is 5.96 Å². The highest BCUT2D eigenvalue weighted by molar-refractivity contribution is 5.85. The first-order valence-electron chi connectivity index (χ1n) is 8.68. The van der Waals surface area contributed by atoms with Crippen LogP contribution in [0, 0.1) is 5.92 Å². The topological polar surface area (TPSA) is 74.2 Å². The summed E-state index contributed by atoms with van der Waals surface area (Å²) in [4.78, 5) is 30.4. The third kappa shape index (κ3) is 7.49. The van der Waals surface area contributed by atoms with Crippen molar-refractivity contribution < 1.29 is 27.5 Å². The van der Waals surface area contributed by atoms with E-state index in [9.17, 15) is 22.8 Å². The Kier molecular flexibility index (Phi) is 8.67. The highest BCUT2D eigenvalue weighted by Gasteiger charge is 2.31. The van der Waals surface area contributed by atoms with Crippen molar-refractivity contribution in [2.45, 2.75) is 32.9 Å². The predicted octanol–water partition coefficient (Wildman–Crippen LogP) is 1.25. The van der Waals surface area contributed by atoms with Crippen LogP contribution in [0.5, 0.6) is 0 Å². The summed E-state index contributed by atoms with van der Waals surface area (Å²) in [5, 5.41) is 3.02. The summed E-state index contributed by atoms with van der Waals surface area (Å²) in [6.45, 7) is 3.77. The van der Waals surface area contributed by atoms with Gasteiger partial charge in [0.25, 0.3) is 0 Å². The number of rotatable bonds is 6. The summed E-state index contributed by atoms with van der Waals surface area (Å²) < 4.78 is 42.1. The maximum atomic E-state index is 12.4. The molecule has 0 aromatic carbocycles. The van der Waals surface area contributed by atoms with E-state index in [0.29, 0.717) is 43.5 Å². The Balaban J connectivity index is 2.72. The second-order valence-electron chi connectivity index (χ2n) is 6.07. The second-order valence-corrected chi connectivity index (χ2v) is 6.07. The molecule has 1 atom stereocenters. The Hall–Kier alpha value is -2.00. The summed E-state index contributed by atoms with van der Waals surface area (Å²) in [5.74, 6) is -0.864. The van der Waals surface area contributed by atoms with Gasteiger partial charge >= 0.3 is 12.1 Å². The molecule has 150 valence electrons. The van der Waals surface area contributed by atoms with Crippen molar-refractivity contribution in [1.82, 2.24) is 15.1 Å². The molecule has 10 heteroatoms. The zero-order valence-corrected chi connectivity index (χ0v) is 15.4. The van der Waals surface area contributed by atoms with Crippen LogP contribution in [-0.2, 0) is 14.3 Å². The first kappa shape index (κ1) is 22.0. The minimum atomic E-state index is -4.45. The molecular weight excluding hydrogens is 353 g/mol. The average molecular weight is 380 g/mol. The number of nitrogens with one attached hydrogen (secondary N) is 1.